The number of hydrogen-bond acceptors (Lipinski definition) is 7. The number of halogens is 3. The van der Waals surface area contributed by atoms with Crippen LogP contribution in [0.15, 0.2) is 53.5 Å². The average Bonchev–Trinajstić information content (AvgIpc) is 2.90. The number of rotatable bonds is 6. The number of nitrogens with one attached hydrogen (secondary N) is 2. The lowest BCUT2D eigenvalue weighted by molar-refractivity contribution is -0.141. The van der Waals surface area contributed by atoms with Crippen molar-refractivity contribution in [3.63, 3.8) is 0 Å². The molecule has 0 aliphatic carbocycles. The Kier molecular flexibility index (Phi) is 7.13. The molecule has 0 saturated carbocycles. The van der Waals surface area contributed by atoms with Crippen molar-refractivity contribution in [1.29, 1.82) is 0 Å². The minimum atomic E-state index is -4.63. The Morgan fingerprint density at radius 1 is 0.974 bits per heavy atom. The summed E-state index contributed by atoms with van der Waals surface area (Å²) in [6, 6.07) is 11.5. The molecule has 11 heteroatoms. The van der Waals surface area contributed by atoms with Crippen molar-refractivity contribution < 1.29 is 13.2 Å². The van der Waals surface area contributed by atoms with E-state index >= 15 is 0 Å². The van der Waals surface area contributed by atoms with Crippen molar-refractivity contribution in [2.24, 2.45) is 0 Å². The van der Waals surface area contributed by atoms with Gasteiger partial charge in [-0.15, -0.1) is 0 Å². The summed E-state index contributed by atoms with van der Waals surface area (Å²) in [5.74, 6) is 0. The van der Waals surface area contributed by atoms with Gasteiger partial charge in [-0.3, -0.25) is 9.69 Å². The molecule has 38 heavy (non-hydrogen) atoms. The molecule has 4 aromatic rings. The quantitative estimate of drug-likeness (QED) is 0.394. The third-order valence-corrected chi connectivity index (χ3v) is 6.61. The Balaban J connectivity index is 1.55. The minimum absolute atomic E-state index is 0.0484. The number of fused-ring (bicyclic) bond motifs is 1. The molecule has 5 rings (SSSR count). The molecule has 198 valence electrons. The number of benzene rings is 1. The number of aromatic nitrogens is 4. The molecule has 1 aliphatic rings. The Morgan fingerprint density at radius 2 is 1.68 bits per heavy atom. The number of piperazine rings is 1. The highest BCUT2D eigenvalue weighted by molar-refractivity contribution is 5.85. The van der Waals surface area contributed by atoms with Gasteiger partial charge in [0.1, 0.15) is 11.4 Å². The summed E-state index contributed by atoms with van der Waals surface area (Å²) in [4.78, 5) is 33.9. The Bertz CT molecular complexity index is 1500. The smallest absolute Gasteiger partial charge is 0.379 e. The van der Waals surface area contributed by atoms with Crippen LogP contribution in [-0.4, -0.2) is 76.1 Å². The number of likely N-dealkylation sites (N-methyl/N-ethyl adjacent to an activating group) is 1. The summed E-state index contributed by atoms with van der Waals surface area (Å²) < 4.78 is 40.7. The van der Waals surface area contributed by atoms with Crippen molar-refractivity contribution in [2.45, 2.75) is 13.1 Å². The highest BCUT2D eigenvalue weighted by Crippen LogP contribution is 2.34. The Labute approximate surface area is 217 Å². The molecule has 1 fully saturated rings. The largest absolute Gasteiger partial charge is 0.433 e. The van der Waals surface area contributed by atoms with Crippen molar-refractivity contribution in [3.05, 3.63) is 70.3 Å². The zero-order chi connectivity index (χ0) is 26.9. The molecule has 1 aliphatic heterocycles. The number of hydrogen-bond donors (Lipinski definition) is 2. The van der Waals surface area contributed by atoms with E-state index in [2.05, 4.69) is 42.1 Å². The molecule has 1 saturated heterocycles. The van der Waals surface area contributed by atoms with E-state index in [4.69, 9.17) is 0 Å². The van der Waals surface area contributed by atoms with Gasteiger partial charge in [0, 0.05) is 62.3 Å². The third-order valence-electron chi connectivity index (χ3n) is 6.61. The number of aromatic amines is 1. The highest BCUT2D eigenvalue weighted by Gasteiger charge is 2.33. The number of nitrogens with zero attached hydrogens (tertiary/aromatic N) is 5. The summed E-state index contributed by atoms with van der Waals surface area (Å²) in [6.07, 6.45) is -3.06. The SMILES string of the molecule is Cc1cc(-c2nc3c(=O)c(NCCN4CCN(C)CC4)c[nH]c3nc2-c2ccccc2)cc(C(F)(F)F)n1. The van der Waals surface area contributed by atoms with E-state index in [1.54, 1.807) is 30.5 Å². The van der Waals surface area contributed by atoms with E-state index in [1.807, 2.05) is 6.07 Å². The highest BCUT2D eigenvalue weighted by atomic mass is 19.4. The fourth-order valence-corrected chi connectivity index (χ4v) is 4.53. The number of pyridine rings is 2. The molecule has 0 bridgehead atoms. The Hall–Kier alpha value is -3.83. The molecule has 0 atom stereocenters. The van der Waals surface area contributed by atoms with Crippen LogP contribution in [0.3, 0.4) is 0 Å². The van der Waals surface area contributed by atoms with E-state index in [-0.39, 0.29) is 33.5 Å². The first kappa shape index (κ1) is 25.8. The van der Waals surface area contributed by atoms with Crippen molar-refractivity contribution in [1.82, 2.24) is 29.7 Å². The van der Waals surface area contributed by atoms with Crippen molar-refractivity contribution >= 4 is 16.9 Å². The molecule has 4 heterocycles. The molecule has 1 aromatic carbocycles. The first-order valence-corrected chi connectivity index (χ1v) is 12.4. The van der Waals surface area contributed by atoms with Gasteiger partial charge in [0.25, 0.3) is 0 Å². The first-order chi connectivity index (χ1) is 18.2. The lowest BCUT2D eigenvalue weighted by Crippen LogP contribution is -2.45. The maximum Gasteiger partial charge on any atom is 0.433 e. The van der Waals surface area contributed by atoms with Gasteiger partial charge < -0.3 is 15.2 Å². The lowest BCUT2D eigenvalue weighted by atomic mass is 10.0. The fourth-order valence-electron chi connectivity index (χ4n) is 4.53. The first-order valence-electron chi connectivity index (χ1n) is 12.4. The normalized spacial score (nSPS) is 15.2. The van der Waals surface area contributed by atoms with Crippen molar-refractivity contribution in [2.75, 3.05) is 51.6 Å². The second-order valence-corrected chi connectivity index (χ2v) is 9.47. The standard InChI is InChI=1S/C27H28F3N7O/c1-17-14-19(15-21(33-17)27(28,29)30)23-22(18-6-4-3-5-7-18)35-26-24(34-23)25(38)20(16-32-26)31-8-9-37-12-10-36(2)11-13-37/h3-7,14-16,31H,8-13H2,1-2H3,(H,32,35,38). The third kappa shape index (κ3) is 5.53. The van der Waals surface area contributed by atoms with Crippen LogP contribution in [0.5, 0.6) is 0 Å². The monoisotopic (exact) mass is 523 g/mol. The van der Waals surface area contributed by atoms with Crippen LogP contribution in [-0.2, 0) is 6.18 Å². The molecule has 2 N–H and O–H groups in total. The van der Waals surface area contributed by atoms with Gasteiger partial charge in [-0.2, -0.15) is 13.2 Å². The maximum absolute atomic E-state index is 13.6. The van der Waals surface area contributed by atoms with E-state index in [0.29, 0.717) is 23.5 Å². The van der Waals surface area contributed by atoms with Gasteiger partial charge in [-0.25, -0.2) is 15.0 Å². The average molecular weight is 524 g/mol. The molecule has 0 spiro atoms. The van der Waals surface area contributed by atoms with Gasteiger partial charge in [-0.1, -0.05) is 30.3 Å². The number of alkyl halides is 3. The summed E-state index contributed by atoms with van der Waals surface area (Å²) in [6.45, 7) is 6.78. The van der Waals surface area contributed by atoms with Crippen LogP contribution in [0.25, 0.3) is 33.7 Å². The summed E-state index contributed by atoms with van der Waals surface area (Å²) in [5, 5.41) is 3.18. The molecule has 3 aromatic heterocycles. The second-order valence-electron chi connectivity index (χ2n) is 9.47. The summed E-state index contributed by atoms with van der Waals surface area (Å²) in [5.41, 5.74) is 0.819. The van der Waals surface area contributed by atoms with Crippen LogP contribution in [0, 0.1) is 6.92 Å². The number of H-pyrrole nitrogens is 1. The van der Waals surface area contributed by atoms with E-state index < -0.39 is 11.9 Å². The summed E-state index contributed by atoms with van der Waals surface area (Å²) in [7, 11) is 2.10. The maximum atomic E-state index is 13.6. The predicted molar refractivity (Wildman–Crippen MR) is 141 cm³/mol. The number of anilines is 1. The van der Waals surface area contributed by atoms with E-state index in [9.17, 15) is 18.0 Å². The van der Waals surface area contributed by atoms with Crippen molar-refractivity contribution in [3.8, 4) is 22.5 Å². The van der Waals surface area contributed by atoms with E-state index in [0.717, 1.165) is 38.8 Å². The molecular weight excluding hydrogens is 495 g/mol. The van der Waals surface area contributed by atoms with Crippen LogP contribution < -0.4 is 10.7 Å². The van der Waals surface area contributed by atoms with Gasteiger partial charge in [0.2, 0.25) is 5.43 Å². The topological polar surface area (TPSA) is 90.0 Å². The van der Waals surface area contributed by atoms with Crippen LogP contribution in [0.1, 0.15) is 11.4 Å². The van der Waals surface area contributed by atoms with Gasteiger partial charge in [0.15, 0.2) is 11.2 Å². The summed E-state index contributed by atoms with van der Waals surface area (Å²) >= 11 is 0. The second kappa shape index (κ2) is 10.5. The van der Waals surface area contributed by atoms with E-state index in [1.165, 1.54) is 13.0 Å². The van der Waals surface area contributed by atoms with Gasteiger partial charge >= 0.3 is 6.18 Å². The number of aryl methyl sites for hydroxylation is 1. The lowest BCUT2D eigenvalue weighted by Gasteiger charge is -2.32. The predicted octanol–water partition coefficient (Wildman–Crippen LogP) is 4.03. The molecule has 0 amide bonds. The Morgan fingerprint density at radius 3 is 2.39 bits per heavy atom. The zero-order valence-corrected chi connectivity index (χ0v) is 21.1. The minimum Gasteiger partial charge on any atom is -0.379 e. The van der Waals surface area contributed by atoms with Crippen LogP contribution in [0.4, 0.5) is 18.9 Å². The van der Waals surface area contributed by atoms with Crippen LogP contribution in [0.2, 0.25) is 0 Å². The van der Waals surface area contributed by atoms with Gasteiger partial charge in [0.05, 0.1) is 11.4 Å². The molecule has 0 radical (unpaired) electrons. The zero-order valence-electron chi connectivity index (χ0n) is 21.1. The molecule has 0 unspecified atom stereocenters. The fraction of sp³-hybridized carbons (Fsp3) is 0.333. The molecular formula is C27H28F3N7O. The van der Waals surface area contributed by atoms with Crippen LogP contribution >= 0.6 is 0 Å². The molecule has 8 nitrogen and oxygen atoms in total. The van der Waals surface area contributed by atoms with Gasteiger partial charge in [-0.05, 0) is 26.1 Å².